The van der Waals surface area contributed by atoms with E-state index in [4.69, 9.17) is 0 Å². The molecule has 0 saturated heterocycles. The van der Waals surface area contributed by atoms with E-state index in [-0.39, 0.29) is 42.6 Å². The predicted octanol–water partition coefficient (Wildman–Crippen LogP) is 4.84. The highest BCUT2D eigenvalue weighted by Gasteiger charge is 2.46. The number of carbonyl (C=O) groups is 3. The number of H-pyrrole nitrogens is 1. The van der Waals surface area contributed by atoms with Gasteiger partial charge < -0.3 is 26.0 Å². The molecular formula is C29H33F3N4O4. The molecule has 3 unspecified atom stereocenters. The van der Waals surface area contributed by atoms with E-state index in [1.807, 2.05) is 38.1 Å². The molecule has 1 aliphatic rings. The van der Waals surface area contributed by atoms with Gasteiger partial charge in [-0.05, 0) is 42.9 Å². The summed E-state index contributed by atoms with van der Waals surface area (Å²) in [5, 5.41) is 18.6. The van der Waals surface area contributed by atoms with Crippen LogP contribution in [0.3, 0.4) is 0 Å². The molecule has 0 saturated carbocycles. The number of amides is 3. The number of alkyl halides is 3. The number of rotatable bonds is 8. The number of para-hydroxylation sites is 1. The van der Waals surface area contributed by atoms with E-state index in [1.54, 1.807) is 6.92 Å². The molecule has 8 nitrogen and oxygen atoms in total. The second-order valence-corrected chi connectivity index (χ2v) is 10.5. The Labute approximate surface area is 229 Å². The van der Waals surface area contributed by atoms with Gasteiger partial charge in [-0.25, -0.2) is 9.59 Å². The number of carbonyl (C=O) groups excluding carboxylic acids is 2. The second-order valence-electron chi connectivity index (χ2n) is 10.5. The van der Waals surface area contributed by atoms with Crippen LogP contribution in [-0.4, -0.2) is 39.6 Å². The first-order chi connectivity index (χ1) is 18.8. The lowest BCUT2D eigenvalue weighted by atomic mass is 9.79. The number of fused-ring (bicyclic) bond motifs is 3. The minimum absolute atomic E-state index is 0.0258. The lowest BCUT2D eigenvalue weighted by Gasteiger charge is -2.36. The Kier molecular flexibility index (Phi) is 8.13. The average Bonchev–Trinajstić information content (AvgIpc) is 3.27. The zero-order valence-corrected chi connectivity index (χ0v) is 22.5. The molecule has 1 aromatic heterocycles. The van der Waals surface area contributed by atoms with Crippen molar-refractivity contribution in [1.29, 1.82) is 0 Å². The van der Waals surface area contributed by atoms with E-state index in [9.17, 15) is 32.7 Å². The molecule has 0 aliphatic heterocycles. The topological polar surface area (TPSA) is 123 Å². The summed E-state index contributed by atoms with van der Waals surface area (Å²) in [6.07, 6.45) is -4.14. The van der Waals surface area contributed by atoms with Gasteiger partial charge in [0.2, 0.25) is 5.91 Å². The molecule has 1 heterocycles. The largest absolute Gasteiger partial charge is 0.479 e. The van der Waals surface area contributed by atoms with Crippen LogP contribution in [0.15, 0.2) is 42.5 Å². The molecule has 40 heavy (non-hydrogen) atoms. The summed E-state index contributed by atoms with van der Waals surface area (Å²) in [5.74, 6) is -2.28. The fourth-order valence-corrected chi connectivity index (χ4v) is 5.26. The van der Waals surface area contributed by atoms with Crippen LogP contribution in [0.1, 0.15) is 54.6 Å². The maximum Gasteiger partial charge on any atom is 0.418 e. The van der Waals surface area contributed by atoms with Crippen LogP contribution >= 0.6 is 0 Å². The molecule has 0 bridgehead atoms. The van der Waals surface area contributed by atoms with Crippen molar-refractivity contribution in [2.45, 2.75) is 70.8 Å². The Balaban J connectivity index is 1.55. The van der Waals surface area contributed by atoms with Crippen molar-refractivity contribution < 1.29 is 32.7 Å². The minimum atomic E-state index is -4.58. The third-order valence-corrected chi connectivity index (χ3v) is 7.70. The van der Waals surface area contributed by atoms with Gasteiger partial charge in [0.1, 0.15) is 11.6 Å². The molecule has 2 aromatic carbocycles. The van der Waals surface area contributed by atoms with E-state index in [0.29, 0.717) is 17.7 Å². The summed E-state index contributed by atoms with van der Waals surface area (Å²) in [6.45, 7) is 5.80. The highest BCUT2D eigenvalue weighted by Crippen LogP contribution is 2.40. The van der Waals surface area contributed by atoms with Crippen molar-refractivity contribution in [3.8, 4) is 0 Å². The molecule has 0 spiro atoms. The lowest BCUT2D eigenvalue weighted by Crippen LogP contribution is -2.63. The standard InChI is InChI=1S/C29H33F3N4O4/c1-4-17(3)23(35-27(40)33-15-18-8-5-7-16(2)13-18)25(37)36-28(26(38)39)12-11-22-20(14-28)19-9-6-10-21(24(19)34-22)29(30,31)32/h5-10,13,17,23,34H,4,11-12,14-15H2,1-3H3,(H,36,37)(H,38,39)(H2,33,35,40). The normalized spacial score (nSPS) is 18.4. The zero-order chi connectivity index (χ0) is 29.2. The Morgan fingerprint density at radius 1 is 1.15 bits per heavy atom. The number of halogens is 3. The van der Waals surface area contributed by atoms with Crippen LogP contribution in [0.5, 0.6) is 0 Å². The van der Waals surface area contributed by atoms with Crippen molar-refractivity contribution in [1.82, 2.24) is 20.9 Å². The van der Waals surface area contributed by atoms with Crippen LogP contribution in [0, 0.1) is 12.8 Å². The van der Waals surface area contributed by atoms with E-state index in [2.05, 4.69) is 20.9 Å². The number of hydrogen-bond acceptors (Lipinski definition) is 3. The number of carboxylic acids is 1. The van der Waals surface area contributed by atoms with Crippen LogP contribution in [0.25, 0.3) is 10.9 Å². The Morgan fingerprint density at radius 3 is 2.52 bits per heavy atom. The highest BCUT2D eigenvalue weighted by molar-refractivity contribution is 5.94. The smallest absolute Gasteiger partial charge is 0.418 e. The number of aryl methyl sites for hydroxylation is 2. The summed E-state index contributed by atoms with van der Waals surface area (Å²) >= 11 is 0. The third kappa shape index (κ3) is 5.93. The molecule has 0 fully saturated rings. The molecular weight excluding hydrogens is 525 g/mol. The molecule has 11 heteroatoms. The number of aromatic nitrogens is 1. The van der Waals surface area contributed by atoms with Crippen LogP contribution < -0.4 is 16.0 Å². The highest BCUT2D eigenvalue weighted by atomic mass is 19.4. The first-order valence-electron chi connectivity index (χ1n) is 13.2. The Hall–Kier alpha value is -4.02. The summed E-state index contributed by atoms with van der Waals surface area (Å²) in [7, 11) is 0. The van der Waals surface area contributed by atoms with Gasteiger partial charge in [-0.1, -0.05) is 62.2 Å². The fraction of sp³-hybridized carbons (Fsp3) is 0.414. The lowest BCUT2D eigenvalue weighted by molar-refractivity contribution is -0.148. The molecule has 214 valence electrons. The molecule has 1 aliphatic carbocycles. The Morgan fingerprint density at radius 2 is 1.88 bits per heavy atom. The number of hydrogen-bond donors (Lipinski definition) is 5. The molecule has 4 rings (SSSR count). The first kappa shape index (κ1) is 29.0. The third-order valence-electron chi connectivity index (χ3n) is 7.70. The number of benzene rings is 2. The maximum atomic E-state index is 13.6. The number of aliphatic carboxylic acids is 1. The molecule has 0 radical (unpaired) electrons. The number of carboxylic acid groups (broad SMARTS) is 1. The summed E-state index contributed by atoms with van der Waals surface area (Å²) in [5.41, 5.74) is 0.188. The van der Waals surface area contributed by atoms with Crippen LogP contribution in [-0.2, 0) is 35.2 Å². The van der Waals surface area contributed by atoms with Crippen molar-refractivity contribution in [3.63, 3.8) is 0 Å². The van der Waals surface area contributed by atoms with Crippen molar-refractivity contribution in [2.24, 2.45) is 5.92 Å². The van der Waals surface area contributed by atoms with Gasteiger partial charge in [0, 0.05) is 24.0 Å². The minimum Gasteiger partial charge on any atom is -0.479 e. The van der Waals surface area contributed by atoms with Crippen molar-refractivity contribution in [3.05, 3.63) is 70.4 Å². The molecule has 3 atom stereocenters. The van der Waals surface area contributed by atoms with Crippen LogP contribution in [0.4, 0.5) is 18.0 Å². The maximum absolute atomic E-state index is 13.6. The summed E-state index contributed by atoms with van der Waals surface area (Å²) in [4.78, 5) is 41.6. The van der Waals surface area contributed by atoms with Gasteiger partial charge >= 0.3 is 18.2 Å². The van der Waals surface area contributed by atoms with Gasteiger partial charge in [0.25, 0.3) is 0 Å². The van der Waals surface area contributed by atoms with Gasteiger partial charge in [0.15, 0.2) is 0 Å². The van der Waals surface area contributed by atoms with Gasteiger partial charge in [0.05, 0.1) is 11.1 Å². The average molecular weight is 559 g/mol. The first-order valence-corrected chi connectivity index (χ1v) is 13.2. The quantitative estimate of drug-likeness (QED) is 0.272. The molecule has 3 aromatic rings. The summed E-state index contributed by atoms with van der Waals surface area (Å²) in [6, 6.07) is 9.77. The van der Waals surface area contributed by atoms with E-state index < -0.39 is 41.2 Å². The van der Waals surface area contributed by atoms with Crippen molar-refractivity contribution >= 4 is 28.8 Å². The number of nitrogens with one attached hydrogen (secondary N) is 4. The number of aromatic amines is 1. The SMILES string of the molecule is CCC(C)C(NC(=O)NCc1cccc(C)c1)C(=O)NC1(C(=O)O)CCc2[nH]c3c(C(F)(F)F)cccc3c2C1. The van der Waals surface area contributed by atoms with Gasteiger partial charge in [-0.15, -0.1) is 0 Å². The molecule has 5 N–H and O–H groups in total. The fourth-order valence-electron chi connectivity index (χ4n) is 5.26. The van der Waals surface area contributed by atoms with Gasteiger partial charge in [-0.3, -0.25) is 4.79 Å². The second kappa shape index (κ2) is 11.2. The van der Waals surface area contributed by atoms with E-state index in [1.165, 1.54) is 12.1 Å². The van der Waals surface area contributed by atoms with E-state index >= 15 is 0 Å². The van der Waals surface area contributed by atoms with Crippen LogP contribution in [0.2, 0.25) is 0 Å². The predicted molar refractivity (Wildman–Crippen MR) is 144 cm³/mol. The number of urea groups is 1. The monoisotopic (exact) mass is 558 g/mol. The van der Waals surface area contributed by atoms with Crippen molar-refractivity contribution in [2.75, 3.05) is 0 Å². The zero-order valence-electron chi connectivity index (χ0n) is 22.5. The molecule has 3 amide bonds. The summed E-state index contributed by atoms with van der Waals surface area (Å²) < 4.78 is 40.8. The Bertz CT molecular complexity index is 1430. The van der Waals surface area contributed by atoms with Gasteiger partial charge in [-0.2, -0.15) is 13.2 Å². The van der Waals surface area contributed by atoms with E-state index in [0.717, 1.165) is 17.2 Å².